The topological polar surface area (TPSA) is 41.9 Å². The first-order valence-corrected chi connectivity index (χ1v) is 9.44. The highest BCUT2D eigenvalue weighted by Gasteiger charge is 2.24. The predicted octanol–water partition coefficient (Wildman–Crippen LogP) is 4.11. The third-order valence-corrected chi connectivity index (χ3v) is 5.07. The Balaban J connectivity index is 1.67. The maximum atomic E-state index is 14.4. The number of aryl methyl sites for hydroxylation is 3. The molecule has 0 saturated heterocycles. The van der Waals surface area contributed by atoms with E-state index in [1.54, 1.807) is 12.4 Å². The summed E-state index contributed by atoms with van der Waals surface area (Å²) in [6, 6.07) is 4.17. The first kappa shape index (κ1) is 18.6. The van der Waals surface area contributed by atoms with Crippen LogP contribution in [0.25, 0.3) is 0 Å². The molecule has 4 nitrogen and oxygen atoms in total. The number of nitrogens with one attached hydrogen (secondary N) is 2. The van der Waals surface area contributed by atoms with Crippen molar-refractivity contribution in [2.24, 2.45) is 7.05 Å². The summed E-state index contributed by atoms with van der Waals surface area (Å²) >= 11 is 0. The molecular formula is C21H29FN4. The number of nitrogens with zero attached hydrogens (tertiary/aromatic N) is 2. The van der Waals surface area contributed by atoms with E-state index in [9.17, 15) is 4.39 Å². The van der Waals surface area contributed by atoms with Crippen LogP contribution in [0.15, 0.2) is 36.9 Å². The van der Waals surface area contributed by atoms with E-state index in [0.717, 1.165) is 60.3 Å². The minimum absolute atomic E-state index is 0.0658. The first-order chi connectivity index (χ1) is 12.5. The Bertz CT molecular complexity index is 780. The van der Waals surface area contributed by atoms with Gasteiger partial charge >= 0.3 is 0 Å². The minimum atomic E-state index is -0.0658. The molecular weight excluding hydrogens is 327 g/mol. The van der Waals surface area contributed by atoms with E-state index >= 15 is 0 Å². The molecule has 2 aromatic rings. The van der Waals surface area contributed by atoms with E-state index in [0.29, 0.717) is 0 Å². The average Bonchev–Trinajstić information content (AvgIpc) is 2.99. The second kappa shape index (κ2) is 8.04. The summed E-state index contributed by atoms with van der Waals surface area (Å²) in [5.74, 6) is 0.736. The largest absolute Gasteiger partial charge is 0.342 e. The Morgan fingerprint density at radius 3 is 2.96 bits per heavy atom. The van der Waals surface area contributed by atoms with Gasteiger partial charge in [0.25, 0.3) is 0 Å². The van der Waals surface area contributed by atoms with Crippen molar-refractivity contribution in [3.63, 3.8) is 0 Å². The van der Waals surface area contributed by atoms with Crippen molar-refractivity contribution in [2.75, 3.05) is 5.32 Å². The average molecular weight is 356 g/mol. The lowest BCUT2D eigenvalue weighted by molar-refractivity contribution is 0.397. The second-order valence-corrected chi connectivity index (χ2v) is 7.41. The van der Waals surface area contributed by atoms with Gasteiger partial charge in [0.1, 0.15) is 11.6 Å². The molecule has 0 bridgehead atoms. The summed E-state index contributed by atoms with van der Waals surface area (Å²) in [5, 5.41) is 7.02. The molecule has 0 saturated carbocycles. The van der Waals surface area contributed by atoms with Crippen molar-refractivity contribution in [3.05, 3.63) is 59.4 Å². The van der Waals surface area contributed by atoms with Gasteiger partial charge in [-0.3, -0.25) is 0 Å². The van der Waals surface area contributed by atoms with E-state index in [4.69, 9.17) is 0 Å². The van der Waals surface area contributed by atoms with Crippen LogP contribution in [0.5, 0.6) is 0 Å². The lowest BCUT2D eigenvalue weighted by atomic mass is 9.86. The van der Waals surface area contributed by atoms with Crippen molar-refractivity contribution < 1.29 is 4.39 Å². The van der Waals surface area contributed by atoms with Gasteiger partial charge in [0.05, 0.1) is 6.33 Å². The highest BCUT2D eigenvalue weighted by molar-refractivity contribution is 5.40. The summed E-state index contributed by atoms with van der Waals surface area (Å²) < 4.78 is 16.3. The van der Waals surface area contributed by atoms with Gasteiger partial charge in [0, 0.05) is 31.0 Å². The van der Waals surface area contributed by atoms with Crippen LogP contribution in [0, 0.1) is 12.7 Å². The lowest BCUT2D eigenvalue weighted by Gasteiger charge is -2.31. The smallest absolute Gasteiger partial charge is 0.148 e. The molecule has 1 aliphatic rings. The molecule has 0 spiro atoms. The Kier molecular flexibility index (Phi) is 5.77. The lowest BCUT2D eigenvalue weighted by Crippen LogP contribution is -2.43. The summed E-state index contributed by atoms with van der Waals surface area (Å²) in [6.07, 6.45) is 8.41. The molecule has 26 heavy (non-hydrogen) atoms. The maximum Gasteiger partial charge on any atom is 0.148 e. The molecule has 2 atom stereocenters. The van der Waals surface area contributed by atoms with Gasteiger partial charge in [-0.25, -0.2) is 9.37 Å². The molecule has 3 rings (SSSR count). The van der Waals surface area contributed by atoms with E-state index in [-0.39, 0.29) is 17.9 Å². The van der Waals surface area contributed by atoms with Crippen LogP contribution < -0.4 is 10.6 Å². The highest BCUT2D eigenvalue weighted by Crippen LogP contribution is 2.26. The summed E-state index contributed by atoms with van der Waals surface area (Å²) in [7, 11) is 1.94. The fourth-order valence-corrected chi connectivity index (χ4v) is 3.78. The normalized spacial score (nSPS) is 17.6. The number of hydrogen-bond acceptors (Lipinski definition) is 3. The molecule has 0 aliphatic heterocycles. The van der Waals surface area contributed by atoms with Crippen LogP contribution in [0.1, 0.15) is 42.9 Å². The summed E-state index contributed by atoms with van der Waals surface area (Å²) in [4.78, 5) is 4.31. The minimum Gasteiger partial charge on any atom is -0.342 e. The Morgan fingerprint density at radius 1 is 1.46 bits per heavy atom. The van der Waals surface area contributed by atoms with Gasteiger partial charge < -0.3 is 15.2 Å². The van der Waals surface area contributed by atoms with Crippen molar-refractivity contribution in [3.8, 4) is 0 Å². The highest BCUT2D eigenvalue weighted by atomic mass is 19.1. The zero-order chi connectivity index (χ0) is 18.7. The fourth-order valence-electron chi connectivity index (χ4n) is 3.78. The number of aromatic nitrogens is 2. The standard InChI is InChI=1S/C21H29FN4/c1-5-6-20(15(3)24-21-12-26(4)13-23-21)25-17-8-7-16-9-14(2)10-19(22)18(16)11-17/h9-10,12-13,17,20,24-25H,3,5-8,11H2,1-2,4H3/t17-,20-/m0/s1. The number of benzene rings is 1. The maximum absolute atomic E-state index is 14.4. The van der Waals surface area contributed by atoms with E-state index in [2.05, 4.69) is 35.2 Å². The van der Waals surface area contributed by atoms with Gasteiger partial charge in [-0.2, -0.15) is 0 Å². The van der Waals surface area contributed by atoms with Gasteiger partial charge in [-0.1, -0.05) is 26.0 Å². The molecule has 0 fully saturated rings. The Hall–Kier alpha value is -2.14. The van der Waals surface area contributed by atoms with E-state index in [1.807, 2.05) is 24.7 Å². The number of halogens is 1. The van der Waals surface area contributed by atoms with Gasteiger partial charge in [-0.05, 0) is 55.4 Å². The molecule has 1 aromatic heterocycles. The van der Waals surface area contributed by atoms with Crippen LogP contribution in [0.2, 0.25) is 0 Å². The predicted molar refractivity (Wildman–Crippen MR) is 105 cm³/mol. The van der Waals surface area contributed by atoms with Gasteiger partial charge in [0.2, 0.25) is 0 Å². The zero-order valence-corrected chi connectivity index (χ0v) is 16.0. The molecule has 1 aromatic carbocycles. The molecule has 140 valence electrons. The number of rotatable bonds is 7. The molecule has 1 heterocycles. The van der Waals surface area contributed by atoms with Gasteiger partial charge in [-0.15, -0.1) is 0 Å². The van der Waals surface area contributed by atoms with Crippen LogP contribution in [-0.2, 0) is 19.9 Å². The number of fused-ring (bicyclic) bond motifs is 1. The van der Waals surface area contributed by atoms with E-state index < -0.39 is 0 Å². The molecule has 1 aliphatic carbocycles. The Labute approximate surface area is 155 Å². The van der Waals surface area contributed by atoms with Crippen LogP contribution in [-0.4, -0.2) is 21.6 Å². The second-order valence-electron chi connectivity index (χ2n) is 7.41. The van der Waals surface area contributed by atoms with Crippen LogP contribution in [0.3, 0.4) is 0 Å². The fraction of sp³-hybridized carbons (Fsp3) is 0.476. The third kappa shape index (κ3) is 4.33. The molecule has 5 heteroatoms. The molecule has 0 amide bonds. The van der Waals surface area contributed by atoms with Crippen molar-refractivity contribution in [1.29, 1.82) is 0 Å². The first-order valence-electron chi connectivity index (χ1n) is 9.44. The van der Waals surface area contributed by atoms with Crippen LogP contribution >= 0.6 is 0 Å². The zero-order valence-electron chi connectivity index (χ0n) is 16.0. The summed E-state index contributed by atoms with van der Waals surface area (Å²) in [6.45, 7) is 8.34. The van der Waals surface area contributed by atoms with E-state index in [1.165, 1.54) is 0 Å². The molecule has 2 N–H and O–H groups in total. The SMILES string of the molecule is C=C(Nc1cn(C)cn1)[C@H](CCC)N[C@H]1CCc2cc(C)cc(F)c2C1. The van der Waals surface area contributed by atoms with Crippen molar-refractivity contribution in [1.82, 2.24) is 14.9 Å². The monoisotopic (exact) mass is 356 g/mol. The van der Waals surface area contributed by atoms with Gasteiger partial charge in [0.15, 0.2) is 0 Å². The number of anilines is 1. The Morgan fingerprint density at radius 2 is 2.27 bits per heavy atom. The third-order valence-electron chi connectivity index (χ3n) is 5.07. The summed E-state index contributed by atoms with van der Waals surface area (Å²) in [5.41, 5.74) is 3.96. The van der Waals surface area contributed by atoms with Crippen molar-refractivity contribution in [2.45, 2.75) is 58.0 Å². The molecule has 0 radical (unpaired) electrons. The number of hydrogen-bond donors (Lipinski definition) is 2. The van der Waals surface area contributed by atoms with Crippen LogP contribution in [0.4, 0.5) is 10.2 Å². The number of imidazole rings is 1. The molecule has 0 unspecified atom stereocenters. The van der Waals surface area contributed by atoms with Crippen molar-refractivity contribution >= 4 is 5.82 Å². The quantitative estimate of drug-likeness (QED) is 0.784.